The zero-order chi connectivity index (χ0) is 21.1. The number of hydrogen-bond donors (Lipinski definition) is 1. The van der Waals surface area contributed by atoms with Crippen molar-refractivity contribution in [2.24, 2.45) is 0 Å². The molecule has 0 bridgehead atoms. The molecule has 1 unspecified atom stereocenters. The topological polar surface area (TPSA) is 79.0 Å². The average Bonchev–Trinajstić information content (AvgIpc) is 3.35. The summed E-state index contributed by atoms with van der Waals surface area (Å²) in [4.78, 5) is 42.1. The zero-order valence-electron chi connectivity index (χ0n) is 16.9. The van der Waals surface area contributed by atoms with Crippen LogP contribution in [0.4, 0.5) is 16.2 Å². The van der Waals surface area contributed by atoms with Gasteiger partial charge in [-0.15, -0.1) is 0 Å². The third kappa shape index (κ3) is 3.87. The van der Waals surface area contributed by atoms with Gasteiger partial charge in [-0.05, 0) is 37.1 Å². The molecule has 156 valence electrons. The molecule has 1 N–H and O–H groups in total. The molecule has 2 fully saturated rings. The van der Waals surface area contributed by atoms with Crippen molar-refractivity contribution in [1.82, 2.24) is 4.90 Å². The van der Waals surface area contributed by atoms with Crippen LogP contribution >= 0.6 is 0 Å². The van der Waals surface area contributed by atoms with Crippen molar-refractivity contribution in [2.75, 3.05) is 17.3 Å². The van der Waals surface area contributed by atoms with Crippen molar-refractivity contribution in [3.63, 3.8) is 0 Å². The van der Waals surface area contributed by atoms with Crippen LogP contribution in [0.2, 0.25) is 0 Å². The summed E-state index contributed by atoms with van der Waals surface area (Å²) in [5, 5.41) is 2.82. The molecule has 1 saturated carbocycles. The van der Waals surface area contributed by atoms with E-state index in [1.807, 2.05) is 18.2 Å². The van der Waals surface area contributed by atoms with E-state index in [1.165, 1.54) is 12.0 Å². The normalized spacial score (nSPS) is 19.4. The van der Waals surface area contributed by atoms with Crippen molar-refractivity contribution in [3.8, 4) is 5.75 Å². The number of hydrogen-bond acceptors (Lipinski definition) is 4. The number of carbonyl (C=O) groups excluding carboxylic acids is 3. The van der Waals surface area contributed by atoms with Crippen LogP contribution in [-0.2, 0) is 9.59 Å². The average molecular weight is 407 g/mol. The van der Waals surface area contributed by atoms with Gasteiger partial charge in [-0.3, -0.25) is 9.59 Å². The van der Waals surface area contributed by atoms with Crippen LogP contribution in [0.25, 0.3) is 0 Å². The number of nitrogens with zero attached hydrogens (tertiary/aromatic N) is 2. The minimum absolute atomic E-state index is 0.0217. The summed E-state index contributed by atoms with van der Waals surface area (Å²) < 4.78 is 5.24. The van der Waals surface area contributed by atoms with Gasteiger partial charge >= 0.3 is 6.03 Å². The van der Waals surface area contributed by atoms with E-state index in [9.17, 15) is 14.4 Å². The number of para-hydroxylation sites is 1. The van der Waals surface area contributed by atoms with E-state index in [4.69, 9.17) is 4.74 Å². The molecule has 1 atom stereocenters. The highest BCUT2D eigenvalue weighted by Gasteiger charge is 2.49. The molecule has 1 heterocycles. The van der Waals surface area contributed by atoms with Crippen LogP contribution in [0.1, 0.15) is 32.1 Å². The molecule has 2 aliphatic rings. The van der Waals surface area contributed by atoms with Crippen molar-refractivity contribution in [2.45, 2.75) is 44.2 Å². The van der Waals surface area contributed by atoms with Crippen molar-refractivity contribution >= 4 is 29.2 Å². The van der Waals surface area contributed by atoms with Crippen LogP contribution in [0, 0.1) is 0 Å². The molecule has 0 radical (unpaired) electrons. The lowest BCUT2D eigenvalue weighted by Crippen LogP contribution is -2.43. The van der Waals surface area contributed by atoms with Crippen molar-refractivity contribution in [3.05, 3.63) is 54.6 Å². The Labute approximate surface area is 175 Å². The van der Waals surface area contributed by atoms with Crippen LogP contribution < -0.4 is 15.0 Å². The fourth-order valence-electron chi connectivity index (χ4n) is 4.29. The summed E-state index contributed by atoms with van der Waals surface area (Å²) in [6, 6.07) is 14.8. The fourth-order valence-corrected chi connectivity index (χ4v) is 4.29. The summed E-state index contributed by atoms with van der Waals surface area (Å²) in [6.45, 7) is 0. The molecule has 1 saturated heterocycles. The Kier molecular flexibility index (Phi) is 5.70. The van der Waals surface area contributed by atoms with E-state index in [-0.39, 0.29) is 30.3 Å². The predicted octanol–water partition coefficient (Wildman–Crippen LogP) is 3.80. The Balaban J connectivity index is 1.60. The van der Waals surface area contributed by atoms with Crippen LogP contribution in [0.3, 0.4) is 0 Å². The number of urea groups is 1. The Bertz CT molecular complexity index is 940. The molecule has 2 aromatic rings. The van der Waals surface area contributed by atoms with Gasteiger partial charge in [-0.1, -0.05) is 37.1 Å². The molecule has 7 nitrogen and oxygen atoms in total. The smallest absolute Gasteiger partial charge is 0.332 e. The first-order valence-corrected chi connectivity index (χ1v) is 10.2. The number of imide groups is 1. The van der Waals surface area contributed by atoms with Crippen LogP contribution in [0.5, 0.6) is 5.75 Å². The summed E-state index contributed by atoms with van der Waals surface area (Å²) in [5.74, 6) is -0.100. The van der Waals surface area contributed by atoms with E-state index in [1.54, 1.807) is 41.3 Å². The highest BCUT2D eigenvalue weighted by atomic mass is 16.5. The fraction of sp³-hybridized carbons (Fsp3) is 0.348. The Morgan fingerprint density at radius 1 is 1.07 bits per heavy atom. The highest BCUT2D eigenvalue weighted by Crippen LogP contribution is 2.35. The molecule has 30 heavy (non-hydrogen) atoms. The lowest BCUT2D eigenvalue weighted by molar-refractivity contribution is -0.124. The molecule has 1 aliphatic carbocycles. The van der Waals surface area contributed by atoms with Gasteiger partial charge in [0.2, 0.25) is 5.91 Å². The Hall–Kier alpha value is -3.35. The first kappa shape index (κ1) is 19.9. The van der Waals surface area contributed by atoms with E-state index < -0.39 is 6.04 Å². The van der Waals surface area contributed by atoms with Crippen molar-refractivity contribution < 1.29 is 19.1 Å². The number of anilines is 2. The van der Waals surface area contributed by atoms with Gasteiger partial charge in [-0.25, -0.2) is 9.69 Å². The number of rotatable bonds is 6. The number of nitrogens with one attached hydrogen (secondary N) is 1. The second kappa shape index (κ2) is 8.57. The summed E-state index contributed by atoms with van der Waals surface area (Å²) in [6.07, 6.45) is 3.66. The first-order chi connectivity index (χ1) is 14.6. The number of methoxy groups -OCH3 is 1. The maximum atomic E-state index is 13.3. The predicted molar refractivity (Wildman–Crippen MR) is 113 cm³/mol. The van der Waals surface area contributed by atoms with Gasteiger partial charge in [0.05, 0.1) is 19.2 Å². The maximum absolute atomic E-state index is 13.3. The first-order valence-electron chi connectivity index (χ1n) is 10.2. The third-order valence-corrected chi connectivity index (χ3v) is 5.72. The van der Waals surface area contributed by atoms with E-state index in [0.29, 0.717) is 17.1 Å². The minimum atomic E-state index is -0.810. The number of amides is 4. The highest BCUT2D eigenvalue weighted by molar-refractivity contribution is 6.22. The van der Waals surface area contributed by atoms with Gasteiger partial charge in [-0.2, -0.15) is 0 Å². The third-order valence-electron chi connectivity index (χ3n) is 5.72. The van der Waals surface area contributed by atoms with Crippen LogP contribution in [0.15, 0.2) is 54.6 Å². The van der Waals surface area contributed by atoms with E-state index >= 15 is 0 Å². The Morgan fingerprint density at radius 2 is 1.80 bits per heavy atom. The quantitative estimate of drug-likeness (QED) is 0.739. The molecular formula is C23H25N3O4. The molecule has 0 aromatic heterocycles. The van der Waals surface area contributed by atoms with E-state index in [0.717, 1.165) is 25.7 Å². The molecule has 0 spiro atoms. The zero-order valence-corrected chi connectivity index (χ0v) is 16.9. The minimum Gasteiger partial charge on any atom is -0.497 e. The molecule has 2 aromatic carbocycles. The standard InChI is InChI=1S/C23H25N3O4/c1-30-19-13-7-12-18(14-19)26-22(28)20(25(23(26)29)17-10-5-6-11-17)15-21(27)24-16-8-3-2-4-9-16/h2-4,7-9,12-14,17,20H,5-6,10-11,15H2,1H3,(H,24,27). The van der Waals surface area contributed by atoms with Gasteiger partial charge in [0.1, 0.15) is 11.8 Å². The molecule has 4 rings (SSSR count). The monoisotopic (exact) mass is 407 g/mol. The molecule has 7 heteroatoms. The van der Waals surface area contributed by atoms with Crippen molar-refractivity contribution in [1.29, 1.82) is 0 Å². The summed E-state index contributed by atoms with van der Waals surface area (Å²) in [7, 11) is 1.54. The van der Waals surface area contributed by atoms with E-state index in [2.05, 4.69) is 5.32 Å². The van der Waals surface area contributed by atoms with Gasteiger partial charge < -0.3 is 15.0 Å². The largest absolute Gasteiger partial charge is 0.497 e. The lowest BCUT2D eigenvalue weighted by Gasteiger charge is -2.27. The second-order valence-corrected chi connectivity index (χ2v) is 7.64. The Morgan fingerprint density at radius 3 is 2.50 bits per heavy atom. The molecule has 1 aliphatic heterocycles. The maximum Gasteiger partial charge on any atom is 0.332 e. The van der Waals surface area contributed by atoms with Gasteiger partial charge in [0, 0.05) is 17.8 Å². The lowest BCUT2D eigenvalue weighted by atomic mass is 10.1. The SMILES string of the molecule is COc1cccc(N2C(=O)C(CC(=O)Nc3ccccc3)N(C3CCCC3)C2=O)c1. The number of ether oxygens (including phenoxy) is 1. The molecular weight excluding hydrogens is 382 g/mol. The summed E-state index contributed by atoms with van der Waals surface area (Å²) in [5.41, 5.74) is 1.12. The second-order valence-electron chi connectivity index (χ2n) is 7.64. The number of benzene rings is 2. The number of carbonyl (C=O) groups is 3. The van der Waals surface area contributed by atoms with Gasteiger partial charge in [0.15, 0.2) is 0 Å². The van der Waals surface area contributed by atoms with Crippen LogP contribution in [-0.4, -0.2) is 41.9 Å². The summed E-state index contributed by atoms with van der Waals surface area (Å²) >= 11 is 0. The molecule has 4 amide bonds. The van der Waals surface area contributed by atoms with Gasteiger partial charge in [0.25, 0.3) is 5.91 Å².